The summed E-state index contributed by atoms with van der Waals surface area (Å²) >= 11 is 5.18. The van der Waals surface area contributed by atoms with Crippen molar-refractivity contribution in [3.05, 3.63) is 0 Å². The fourth-order valence-electron chi connectivity index (χ4n) is 0.272. The molecule has 3 nitrogen and oxygen atoms in total. The highest BCUT2D eigenvalue weighted by molar-refractivity contribution is 7.91. The van der Waals surface area contributed by atoms with E-state index in [9.17, 15) is 21.6 Å². The van der Waals surface area contributed by atoms with Gasteiger partial charge in [-0.1, -0.05) is 25.4 Å². The van der Waals surface area contributed by atoms with Crippen LogP contribution in [0.4, 0.5) is 13.2 Å². The summed E-state index contributed by atoms with van der Waals surface area (Å²) in [7, 11) is -5.49. The first-order chi connectivity index (χ1) is 5.58. The fraction of sp³-hybridized carbons (Fsp3) is 0.800. The van der Waals surface area contributed by atoms with Crippen LogP contribution in [0.1, 0.15) is 13.8 Å². The molecule has 0 heterocycles. The van der Waals surface area contributed by atoms with Gasteiger partial charge in [-0.3, -0.25) is 0 Å². The molecule has 0 amide bonds. The van der Waals surface area contributed by atoms with Crippen LogP contribution in [0.2, 0.25) is 0 Å². The molecule has 0 aromatic carbocycles. The van der Waals surface area contributed by atoms with E-state index in [0.29, 0.717) is 0 Å². The van der Waals surface area contributed by atoms with Crippen molar-refractivity contribution in [2.75, 3.05) is 0 Å². The van der Waals surface area contributed by atoms with Crippen molar-refractivity contribution < 1.29 is 21.6 Å². The van der Waals surface area contributed by atoms with Gasteiger partial charge in [-0.25, -0.2) is 0 Å². The van der Waals surface area contributed by atoms with Crippen LogP contribution in [0.25, 0.3) is 0 Å². The highest BCUT2D eigenvalue weighted by Crippen LogP contribution is 2.25. The molecular formula is C5H7ClF3NO2S. The molecule has 0 unspecified atom stereocenters. The lowest BCUT2D eigenvalue weighted by Crippen LogP contribution is -2.22. The van der Waals surface area contributed by atoms with Crippen LogP contribution < -0.4 is 0 Å². The minimum atomic E-state index is -5.49. The first kappa shape index (κ1) is 12.7. The molecule has 0 aromatic heterocycles. The molecule has 0 bridgehead atoms. The molecule has 0 aromatic rings. The second-order valence-electron chi connectivity index (χ2n) is 2.49. The number of halogens is 4. The molecule has 0 radical (unpaired) electrons. The molecule has 78 valence electrons. The topological polar surface area (TPSA) is 46.5 Å². The van der Waals surface area contributed by atoms with E-state index < -0.39 is 26.6 Å². The van der Waals surface area contributed by atoms with Gasteiger partial charge in [-0.15, -0.1) is 4.40 Å². The lowest BCUT2D eigenvalue weighted by atomic mass is 10.2. The Hall–Kier alpha value is -0.300. The van der Waals surface area contributed by atoms with Gasteiger partial charge >= 0.3 is 15.5 Å². The summed E-state index contributed by atoms with van der Waals surface area (Å²) in [6.07, 6.45) is 0. The van der Waals surface area contributed by atoms with Gasteiger partial charge in [0, 0.05) is 5.92 Å². The summed E-state index contributed by atoms with van der Waals surface area (Å²) in [5.41, 5.74) is -5.39. The third-order valence-electron chi connectivity index (χ3n) is 0.976. The normalized spacial score (nSPS) is 15.2. The van der Waals surface area contributed by atoms with Gasteiger partial charge in [0.25, 0.3) is 0 Å². The number of alkyl halides is 3. The van der Waals surface area contributed by atoms with Gasteiger partial charge in [-0.2, -0.15) is 21.6 Å². The molecule has 0 saturated carbocycles. The predicted molar refractivity (Wildman–Crippen MR) is 43.1 cm³/mol. The van der Waals surface area contributed by atoms with Gasteiger partial charge in [0.15, 0.2) is 0 Å². The van der Waals surface area contributed by atoms with Crippen molar-refractivity contribution in [1.82, 2.24) is 0 Å². The van der Waals surface area contributed by atoms with Crippen LogP contribution >= 0.6 is 11.6 Å². The molecule has 8 heteroatoms. The molecule has 0 saturated heterocycles. The third kappa shape index (κ3) is 3.51. The summed E-state index contributed by atoms with van der Waals surface area (Å²) < 4.78 is 58.3. The van der Waals surface area contributed by atoms with E-state index in [0.717, 1.165) is 0 Å². The summed E-state index contributed by atoms with van der Waals surface area (Å²) in [6.45, 7) is 2.86. The molecule has 0 N–H and O–H groups in total. The van der Waals surface area contributed by atoms with E-state index in [1.807, 2.05) is 0 Å². The maximum Gasteiger partial charge on any atom is 0.518 e. The molecule has 0 rings (SSSR count). The van der Waals surface area contributed by atoms with Crippen LogP contribution in [-0.4, -0.2) is 19.1 Å². The van der Waals surface area contributed by atoms with Crippen molar-refractivity contribution in [1.29, 1.82) is 0 Å². The molecular weight excluding hydrogens is 231 g/mol. The lowest BCUT2D eigenvalue weighted by molar-refractivity contribution is -0.0435. The van der Waals surface area contributed by atoms with Gasteiger partial charge < -0.3 is 0 Å². The highest BCUT2D eigenvalue weighted by atomic mass is 35.5. The zero-order valence-electron chi connectivity index (χ0n) is 6.76. The van der Waals surface area contributed by atoms with E-state index >= 15 is 0 Å². The summed E-state index contributed by atoms with van der Waals surface area (Å²) in [4.78, 5) is 0. The molecule has 0 fully saturated rings. The van der Waals surface area contributed by atoms with E-state index in [4.69, 9.17) is 11.6 Å². The molecule has 0 aliphatic carbocycles. The second-order valence-corrected chi connectivity index (χ2v) is 4.47. The molecule has 0 aliphatic rings. The maximum atomic E-state index is 11.7. The monoisotopic (exact) mass is 237 g/mol. The molecule has 0 aliphatic heterocycles. The van der Waals surface area contributed by atoms with Crippen LogP contribution in [0, 0.1) is 5.92 Å². The van der Waals surface area contributed by atoms with Crippen molar-refractivity contribution in [2.45, 2.75) is 19.4 Å². The van der Waals surface area contributed by atoms with E-state index in [2.05, 4.69) is 4.40 Å². The van der Waals surface area contributed by atoms with Crippen molar-refractivity contribution in [2.24, 2.45) is 10.3 Å². The van der Waals surface area contributed by atoms with E-state index in [1.54, 1.807) is 0 Å². The zero-order chi connectivity index (χ0) is 10.9. The quantitative estimate of drug-likeness (QED) is 0.691. The first-order valence-electron chi connectivity index (χ1n) is 3.14. The summed E-state index contributed by atoms with van der Waals surface area (Å²) in [5, 5.41) is -0.586. The Morgan fingerprint density at radius 1 is 1.38 bits per heavy atom. The molecule has 0 atom stereocenters. The summed E-state index contributed by atoms with van der Waals surface area (Å²) in [6, 6.07) is 0. The first-order valence-corrected chi connectivity index (χ1v) is 4.96. The number of nitrogens with zero attached hydrogens (tertiary/aromatic N) is 1. The van der Waals surface area contributed by atoms with Crippen molar-refractivity contribution in [3.63, 3.8) is 0 Å². The summed E-state index contributed by atoms with van der Waals surface area (Å²) in [5.74, 6) is -0.557. The third-order valence-corrected chi connectivity index (χ3v) is 2.62. The lowest BCUT2D eigenvalue weighted by Gasteiger charge is -2.04. The van der Waals surface area contributed by atoms with Gasteiger partial charge in [0.05, 0.1) is 0 Å². The standard InChI is InChI=1S/C5H7ClF3NO2S/c1-3(2)4(6)10-13(11,12)5(7,8)9/h3H,1-2H3. The van der Waals surface area contributed by atoms with Gasteiger partial charge in [-0.05, 0) is 0 Å². The molecule has 0 spiro atoms. The Bertz CT molecular complexity index is 306. The fourth-order valence-corrected chi connectivity index (χ4v) is 1.09. The minimum absolute atomic E-state index is 0.557. The smallest absolute Gasteiger partial charge is 0.195 e. The van der Waals surface area contributed by atoms with Crippen molar-refractivity contribution >= 4 is 26.8 Å². The van der Waals surface area contributed by atoms with Crippen LogP contribution in [0.5, 0.6) is 0 Å². The predicted octanol–water partition coefficient (Wildman–Crippen LogP) is 2.13. The number of rotatable bonds is 2. The van der Waals surface area contributed by atoms with E-state index in [-0.39, 0.29) is 0 Å². The zero-order valence-corrected chi connectivity index (χ0v) is 8.33. The average molecular weight is 238 g/mol. The SMILES string of the molecule is CC(C)C(Cl)=NS(=O)(=O)C(F)(F)F. The second kappa shape index (κ2) is 3.83. The van der Waals surface area contributed by atoms with Gasteiger partial charge in [0.1, 0.15) is 5.17 Å². The highest BCUT2D eigenvalue weighted by Gasteiger charge is 2.46. The Balaban J connectivity index is 5.03. The Morgan fingerprint density at radius 2 is 1.77 bits per heavy atom. The Morgan fingerprint density at radius 3 is 2.00 bits per heavy atom. The average Bonchev–Trinajstić information content (AvgIpc) is 1.83. The van der Waals surface area contributed by atoms with Crippen LogP contribution in [0.3, 0.4) is 0 Å². The number of hydrogen-bond acceptors (Lipinski definition) is 2. The maximum absolute atomic E-state index is 11.7. The number of sulfonamides is 1. The number of hydrogen-bond donors (Lipinski definition) is 0. The van der Waals surface area contributed by atoms with Crippen LogP contribution in [-0.2, 0) is 10.0 Å². The van der Waals surface area contributed by atoms with Crippen molar-refractivity contribution in [3.8, 4) is 0 Å². The molecule has 13 heavy (non-hydrogen) atoms. The Kier molecular flexibility index (Phi) is 3.74. The van der Waals surface area contributed by atoms with E-state index in [1.165, 1.54) is 13.8 Å². The minimum Gasteiger partial charge on any atom is -0.195 e. The van der Waals surface area contributed by atoms with Gasteiger partial charge in [0.2, 0.25) is 0 Å². The largest absolute Gasteiger partial charge is 0.518 e. The Labute approximate surface area is 78.7 Å². The van der Waals surface area contributed by atoms with Crippen LogP contribution in [0.15, 0.2) is 4.40 Å².